The van der Waals surface area contributed by atoms with Gasteiger partial charge in [0.1, 0.15) is 17.1 Å². The van der Waals surface area contributed by atoms with Gasteiger partial charge in [0.2, 0.25) is 5.88 Å². The second kappa shape index (κ2) is 9.21. The number of ketones is 1. The van der Waals surface area contributed by atoms with Crippen LogP contribution >= 0.6 is 0 Å². The van der Waals surface area contributed by atoms with Gasteiger partial charge in [0, 0.05) is 0 Å². The van der Waals surface area contributed by atoms with Crippen molar-refractivity contribution in [1.82, 2.24) is 0 Å². The van der Waals surface area contributed by atoms with E-state index in [0.29, 0.717) is 11.7 Å². The summed E-state index contributed by atoms with van der Waals surface area (Å²) in [5.74, 6) is -0.601. The normalized spacial score (nSPS) is 10.6. The number of Topliss-reactive ketones (excluding diaryl/α,β-unsaturated/α-hetero) is 1. The molecule has 1 aromatic heterocycles. The van der Waals surface area contributed by atoms with Crippen molar-refractivity contribution in [3.05, 3.63) is 46.7 Å². The molecule has 1 aromatic carbocycles. The number of hydrogen-bond donors (Lipinski definition) is 1. The van der Waals surface area contributed by atoms with Crippen molar-refractivity contribution < 1.29 is 28.3 Å². The van der Waals surface area contributed by atoms with Gasteiger partial charge >= 0.3 is 5.97 Å². The summed E-state index contributed by atoms with van der Waals surface area (Å²) in [5.41, 5.74) is 1.11. The van der Waals surface area contributed by atoms with Crippen LogP contribution in [0.5, 0.6) is 5.75 Å². The molecule has 7 heteroatoms. The van der Waals surface area contributed by atoms with E-state index in [1.807, 2.05) is 18.2 Å². The Balaban J connectivity index is 2.15. The monoisotopic (exact) mass is 387 g/mol. The number of rotatable bonds is 8. The molecule has 28 heavy (non-hydrogen) atoms. The fourth-order valence-corrected chi connectivity index (χ4v) is 2.73. The third-order valence-electron chi connectivity index (χ3n) is 4.06. The first-order valence-corrected chi connectivity index (χ1v) is 9.08. The lowest BCUT2D eigenvalue weighted by Gasteiger charge is -2.10. The number of hydrogen-bond acceptors (Lipinski definition) is 6. The van der Waals surface area contributed by atoms with Gasteiger partial charge in [-0.1, -0.05) is 26.0 Å². The summed E-state index contributed by atoms with van der Waals surface area (Å²) in [6.45, 7) is 8.49. The summed E-state index contributed by atoms with van der Waals surface area (Å²) in [6, 6.07) is 7.47. The molecule has 2 rings (SSSR count). The lowest BCUT2D eigenvalue weighted by atomic mass is 10.0. The Morgan fingerprint density at radius 1 is 1.18 bits per heavy atom. The zero-order chi connectivity index (χ0) is 20.8. The van der Waals surface area contributed by atoms with Crippen LogP contribution in [-0.2, 0) is 9.53 Å². The minimum absolute atomic E-state index is 0.0815. The second-order valence-corrected chi connectivity index (χ2v) is 6.58. The van der Waals surface area contributed by atoms with Gasteiger partial charge in [0.05, 0.1) is 12.2 Å². The van der Waals surface area contributed by atoms with Gasteiger partial charge in [-0.3, -0.25) is 14.9 Å². The Morgan fingerprint density at radius 2 is 1.89 bits per heavy atom. The van der Waals surface area contributed by atoms with Gasteiger partial charge in [-0.05, 0) is 44.4 Å². The molecule has 0 fully saturated rings. The largest absolute Gasteiger partial charge is 0.484 e. The highest BCUT2D eigenvalue weighted by molar-refractivity contribution is 6.10. The number of nitrogens with one attached hydrogen (secondary N) is 1. The molecule has 0 unspecified atom stereocenters. The number of amides is 1. The van der Waals surface area contributed by atoms with E-state index in [4.69, 9.17) is 13.9 Å². The van der Waals surface area contributed by atoms with Crippen molar-refractivity contribution in [3.8, 4) is 5.75 Å². The minimum atomic E-state index is -0.731. The lowest BCUT2D eigenvalue weighted by Crippen LogP contribution is -2.22. The van der Waals surface area contributed by atoms with Crippen LogP contribution in [0.2, 0.25) is 0 Å². The summed E-state index contributed by atoms with van der Waals surface area (Å²) >= 11 is 0. The van der Waals surface area contributed by atoms with E-state index in [0.717, 1.165) is 5.56 Å². The van der Waals surface area contributed by atoms with Gasteiger partial charge in [-0.25, -0.2) is 4.79 Å². The minimum Gasteiger partial charge on any atom is -0.484 e. The third kappa shape index (κ3) is 5.00. The maximum atomic E-state index is 12.3. The van der Waals surface area contributed by atoms with Crippen LogP contribution in [0, 0.1) is 6.92 Å². The van der Waals surface area contributed by atoms with Gasteiger partial charge in [-0.15, -0.1) is 0 Å². The van der Waals surface area contributed by atoms with E-state index in [-0.39, 0.29) is 41.8 Å². The molecule has 0 atom stereocenters. The fourth-order valence-electron chi connectivity index (χ4n) is 2.73. The topological polar surface area (TPSA) is 94.8 Å². The average Bonchev–Trinajstić information content (AvgIpc) is 2.96. The maximum Gasteiger partial charge on any atom is 0.344 e. The Bertz CT molecular complexity index is 881. The van der Waals surface area contributed by atoms with Crippen molar-refractivity contribution >= 4 is 23.5 Å². The highest BCUT2D eigenvalue weighted by atomic mass is 16.5. The maximum absolute atomic E-state index is 12.3. The number of carbonyl (C=O) groups is 3. The third-order valence-corrected chi connectivity index (χ3v) is 4.06. The molecule has 150 valence electrons. The van der Waals surface area contributed by atoms with Gasteiger partial charge in [-0.2, -0.15) is 0 Å². The van der Waals surface area contributed by atoms with Gasteiger partial charge in [0.25, 0.3) is 5.91 Å². The van der Waals surface area contributed by atoms with E-state index in [9.17, 15) is 14.4 Å². The van der Waals surface area contributed by atoms with Crippen LogP contribution in [0.25, 0.3) is 0 Å². The molecule has 0 aliphatic carbocycles. The van der Waals surface area contributed by atoms with Crippen LogP contribution in [0.4, 0.5) is 5.88 Å². The number of ether oxygens (including phenoxy) is 2. The predicted molar refractivity (Wildman–Crippen MR) is 104 cm³/mol. The summed E-state index contributed by atoms with van der Waals surface area (Å²) in [5, 5.41) is 2.49. The van der Waals surface area contributed by atoms with Crippen molar-refractivity contribution in [3.63, 3.8) is 0 Å². The number of esters is 1. The summed E-state index contributed by atoms with van der Waals surface area (Å²) in [6.07, 6.45) is 0. The van der Waals surface area contributed by atoms with E-state index in [1.54, 1.807) is 19.9 Å². The molecule has 0 aliphatic rings. The standard InChI is InChI=1S/C21H25NO6/c1-6-26-21(25)19-18(13(4)23)14(5)28-20(19)22-17(24)11-27-16-9-7-8-15(10-16)12(2)3/h7-10,12H,6,11H2,1-5H3,(H,22,24). The van der Waals surface area contributed by atoms with Crippen molar-refractivity contribution in [2.45, 2.75) is 40.5 Å². The Morgan fingerprint density at radius 3 is 2.50 bits per heavy atom. The average molecular weight is 387 g/mol. The van der Waals surface area contributed by atoms with Gasteiger partial charge in [0.15, 0.2) is 12.4 Å². The Labute approximate surface area is 164 Å². The number of aryl methyl sites for hydroxylation is 1. The first-order valence-electron chi connectivity index (χ1n) is 9.08. The molecule has 1 N–H and O–H groups in total. The zero-order valence-electron chi connectivity index (χ0n) is 16.8. The predicted octanol–water partition coefficient (Wildman–Crippen LogP) is 4.11. The summed E-state index contributed by atoms with van der Waals surface area (Å²) < 4.78 is 16.0. The first-order chi connectivity index (χ1) is 13.2. The smallest absolute Gasteiger partial charge is 0.344 e. The number of benzene rings is 1. The van der Waals surface area contributed by atoms with Crippen LogP contribution in [0.15, 0.2) is 28.7 Å². The van der Waals surface area contributed by atoms with Crippen molar-refractivity contribution in [1.29, 1.82) is 0 Å². The zero-order valence-corrected chi connectivity index (χ0v) is 16.8. The van der Waals surface area contributed by atoms with Crippen LogP contribution in [-0.4, -0.2) is 30.9 Å². The molecule has 0 saturated carbocycles. The Hall–Kier alpha value is -3.09. The molecule has 0 radical (unpaired) electrons. The highest BCUT2D eigenvalue weighted by Gasteiger charge is 2.28. The second-order valence-electron chi connectivity index (χ2n) is 6.58. The molecule has 1 heterocycles. The highest BCUT2D eigenvalue weighted by Crippen LogP contribution is 2.28. The molecule has 7 nitrogen and oxygen atoms in total. The molecule has 2 aromatic rings. The van der Waals surface area contributed by atoms with E-state index in [1.165, 1.54) is 6.92 Å². The fraction of sp³-hybridized carbons (Fsp3) is 0.381. The molecule has 0 saturated heterocycles. The molecule has 0 spiro atoms. The van der Waals surface area contributed by atoms with Gasteiger partial charge < -0.3 is 13.9 Å². The summed E-state index contributed by atoms with van der Waals surface area (Å²) in [7, 11) is 0. The van der Waals surface area contributed by atoms with E-state index >= 15 is 0 Å². The molecule has 1 amide bonds. The number of furan rings is 1. The van der Waals surface area contributed by atoms with Crippen molar-refractivity contribution in [2.24, 2.45) is 0 Å². The number of carbonyl (C=O) groups excluding carboxylic acids is 3. The quantitative estimate of drug-likeness (QED) is 0.541. The lowest BCUT2D eigenvalue weighted by molar-refractivity contribution is -0.118. The molecule has 0 bridgehead atoms. The molecular formula is C21H25NO6. The van der Waals surface area contributed by atoms with Crippen LogP contribution in [0.3, 0.4) is 0 Å². The first kappa shape index (κ1) is 21.2. The SMILES string of the molecule is CCOC(=O)c1c(NC(=O)COc2cccc(C(C)C)c2)oc(C)c1C(C)=O. The number of anilines is 1. The van der Waals surface area contributed by atoms with E-state index < -0.39 is 11.9 Å². The van der Waals surface area contributed by atoms with Crippen LogP contribution in [0.1, 0.15) is 65.7 Å². The Kier molecular flexibility index (Phi) is 6.98. The van der Waals surface area contributed by atoms with Crippen molar-refractivity contribution in [2.75, 3.05) is 18.5 Å². The van der Waals surface area contributed by atoms with Crippen LogP contribution < -0.4 is 10.1 Å². The molecular weight excluding hydrogens is 362 g/mol. The molecule has 0 aliphatic heterocycles. The summed E-state index contributed by atoms with van der Waals surface area (Å²) in [4.78, 5) is 36.4. The van der Waals surface area contributed by atoms with E-state index in [2.05, 4.69) is 19.2 Å².